The normalized spacial score (nSPS) is 11.3. The Morgan fingerprint density at radius 3 is 2.68 bits per heavy atom. The summed E-state index contributed by atoms with van der Waals surface area (Å²) in [5, 5.41) is 11.3. The summed E-state index contributed by atoms with van der Waals surface area (Å²) in [7, 11) is -2.02. The molecule has 22 heavy (non-hydrogen) atoms. The third-order valence-electron chi connectivity index (χ3n) is 2.55. The third-order valence-corrected chi connectivity index (χ3v) is 5.03. The van der Waals surface area contributed by atoms with Crippen molar-refractivity contribution in [3.63, 3.8) is 0 Å². The quantitative estimate of drug-likeness (QED) is 0.511. The standard InChI is InChI=1S/C12H18N2O6S2/c1-20-5-2-6-22(18,19)14-8-11(15)13-7-9-3-4-10(21-9)12(16)17/h3-4,14H,2,5-8H2,1H3,(H,13,15)(H,16,17). The molecule has 0 spiro atoms. The van der Waals surface area contributed by atoms with E-state index >= 15 is 0 Å². The molecule has 0 fully saturated rings. The number of thiophene rings is 1. The van der Waals surface area contributed by atoms with E-state index in [0.29, 0.717) is 17.9 Å². The molecule has 0 bridgehead atoms. The van der Waals surface area contributed by atoms with E-state index in [1.54, 1.807) is 6.07 Å². The van der Waals surface area contributed by atoms with E-state index in [4.69, 9.17) is 9.84 Å². The summed E-state index contributed by atoms with van der Waals surface area (Å²) in [5.41, 5.74) is 0. The molecule has 1 aromatic heterocycles. The molecule has 0 aliphatic rings. The molecule has 0 saturated carbocycles. The van der Waals surface area contributed by atoms with Crippen LogP contribution in [0.3, 0.4) is 0 Å². The van der Waals surface area contributed by atoms with Gasteiger partial charge in [-0.3, -0.25) is 4.79 Å². The average molecular weight is 350 g/mol. The first-order valence-electron chi connectivity index (χ1n) is 6.39. The van der Waals surface area contributed by atoms with Crippen molar-refractivity contribution in [2.24, 2.45) is 0 Å². The maximum atomic E-state index is 11.6. The number of hydrogen-bond donors (Lipinski definition) is 3. The van der Waals surface area contributed by atoms with Crippen LogP contribution in [-0.4, -0.2) is 51.4 Å². The largest absolute Gasteiger partial charge is 0.477 e. The topological polar surface area (TPSA) is 122 Å². The van der Waals surface area contributed by atoms with Crippen molar-refractivity contribution in [2.75, 3.05) is 26.0 Å². The second-order valence-corrected chi connectivity index (χ2v) is 7.43. The van der Waals surface area contributed by atoms with Crippen LogP contribution in [0, 0.1) is 0 Å². The van der Waals surface area contributed by atoms with Crippen LogP contribution in [0.15, 0.2) is 12.1 Å². The molecule has 10 heteroatoms. The van der Waals surface area contributed by atoms with Gasteiger partial charge >= 0.3 is 5.97 Å². The van der Waals surface area contributed by atoms with E-state index in [-0.39, 0.29) is 23.7 Å². The Labute approximate surface area is 132 Å². The average Bonchev–Trinajstić information content (AvgIpc) is 2.92. The SMILES string of the molecule is COCCCS(=O)(=O)NCC(=O)NCc1ccc(C(=O)O)s1. The van der Waals surface area contributed by atoms with Gasteiger partial charge in [0, 0.05) is 18.6 Å². The highest BCUT2D eigenvalue weighted by Gasteiger charge is 2.12. The Morgan fingerprint density at radius 1 is 1.36 bits per heavy atom. The zero-order chi connectivity index (χ0) is 16.6. The number of aromatic carboxylic acids is 1. The van der Waals surface area contributed by atoms with E-state index in [0.717, 1.165) is 11.3 Å². The molecule has 0 radical (unpaired) electrons. The number of hydrogen-bond acceptors (Lipinski definition) is 6. The number of sulfonamides is 1. The van der Waals surface area contributed by atoms with E-state index in [1.807, 2.05) is 0 Å². The van der Waals surface area contributed by atoms with Gasteiger partial charge in [0.15, 0.2) is 0 Å². The second kappa shape index (κ2) is 8.83. The zero-order valence-electron chi connectivity index (χ0n) is 12.0. The number of carbonyl (C=O) groups is 2. The fourth-order valence-corrected chi connectivity index (χ4v) is 3.26. The van der Waals surface area contributed by atoms with Gasteiger partial charge in [0.25, 0.3) is 0 Å². The van der Waals surface area contributed by atoms with Crippen LogP contribution in [0.1, 0.15) is 21.0 Å². The molecule has 1 aromatic rings. The highest BCUT2D eigenvalue weighted by molar-refractivity contribution is 7.89. The second-order valence-electron chi connectivity index (χ2n) is 4.33. The number of methoxy groups -OCH3 is 1. The number of rotatable bonds is 10. The molecule has 3 N–H and O–H groups in total. The van der Waals surface area contributed by atoms with Gasteiger partial charge in [-0.1, -0.05) is 0 Å². The minimum Gasteiger partial charge on any atom is -0.477 e. The highest BCUT2D eigenvalue weighted by atomic mass is 32.2. The lowest BCUT2D eigenvalue weighted by atomic mass is 10.4. The Bertz CT molecular complexity index is 611. The lowest BCUT2D eigenvalue weighted by molar-refractivity contribution is -0.120. The molecular weight excluding hydrogens is 332 g/mol. The molecular formula is C12H18N2O6S2. The number of amides is 1. The van der Waals surface area contributed by atoms with Crippen LogP contribution in [0.4, 0.5) is 0 Å². The van der Waals surface area contributed by atoms with Gasteiger partial charge in [0.05, 0.1) is 18.8 Å². The molecule has 0 saturated heterocycles. The van der Waals surface area contributed by atoms with Crippen molar-refractivity contribution < 1.29 is 27.9 Å². The molecule has 0 unspecified atom stereocenters. The number of carboxylic acids is 1. The Morgan fingerprint density at radius 2 is 2.09 bits per heavy atom. The summed E-state index contributed by atoms with van der Waals surface area (Å²) in [4.78, 5) is 23.1. The smallest absolute Gasteiger partial charge is 0.345 e. The summed E-state index contributed by atoms with van der Waals surface area (Å²) >= 11 is 1.05. The van der Waals surface area contributed by atoms with Gasteiger partial charge in [0.2, 0.25) is 15.9 Å². The monoisotopic (exact) mass is 350 g/mol. The van der Waals surface area contributed by atoms with Crippen LogP contribution < -0.4 is 10.0 Å². The molecule has 124 valence electrons. The maximum Gasteiger partial charge on any atom is 0.345 e. The van der Waals surface area contributed by atoms with Crippen LogP contribution in [0.2, 0.25) is 0 Å². The molecule has 8 nitrogen and oxygen atoms in total. The summed E-state index contributed by atoms with van der Waals surface area (Å²) < 4.78 is 30.1. The molecule has 0 aliphatic heterocycles. The van der Waals surface area contributed by atoms with E-state index in [2.05, 4.69) is 10.0 Å². The molecule has 1 rings (SSSR count). The first-order valence-corrected chi connectivity index (χ1v) is 8.86. The minimum atomic E-state index is -3.50. The van der Waals surface area contributed by atoms with Crippen LogP contribution in [-0.2, 0) is 26.1 Å². The molecule has 1 heterocycles. The van der Waals surface area contributed by atoms with Crippen LogP contribution >= 0.6 is 11.3 Å². The summed E-state index contributed by atoms with van der Waals surface area (Å²) in [6.07, 6.45) is 0.348. The molecule has 0 atom stereocenters. The summed E-state index contributed by atoms with van der Waals surface area (Å²) in [5.74, 6) is -1.62. The third kappa shape index (κ3) is 6.98. The first-order chi connectivity index (χ1) is 10.3. The van der Waals surface area contributed by atoms with Gasteiger partial charge in [0.1, 0.15) is 4.88 Å². The molecule has 0 aromatic carbocycles. The van der Waals surface area contributed by atoms with E-state index in [1.165, 1.54) is 13.2 Å². The number of nitrogens with one attached hydrogen (secondary N) is 2. The minimum absolute atomic E-state index is 0.110. The van der Waals surface area contributed by atoms with Crippen molar-refractivity contribution in [1.29, 1.82) is 0 Å². The number of carboxylic acid groups (broad SMARTS) is 1. The van der Waals surface area contributed by atoms with Gasteiger partial charge in [-0.05, 0) is 18.6 Å². The lowest BCUT2D eigenvalue weighted by Gasteiger charge is -2.07. The Hall–Kier alpha value is -1.49. The Balaban J connectivity index is 2.32. The van der Waals surface area contributed by atoms with Gasteiger partial charge < -0.3 is 15.2 Å². The van der Waals surface area contributed by atoms with Crippen molar-refractivity contribution in [2.45, 2.75) is 13.0 Å². The zero-order valence-corrected chi connectivity index (χ0v) is 13.6. The summed E-state index contributed by atoms with van der Waals surface area (Å²) in [6.45, 7) is 0.131. The van der Waals surface area contributed by atoms with Crippen molar-refractivity contribution in [1.82, 2.24) is 10.0 Å². The van der Waals surface area contributed by atoms with Crippen molar-refractivity contribution in [3.05, 3.63) is 21.9 Å². The van der Waals surface area contributed by atoms with Gasteiger partial charge in [-0.25, -0.2) is 17.9 Å². The van der Waals surface area contributed by atoms with Crippen LogP contribution in [0.5, 0.6) is 0 Å². The predicted octanol–water partition coefficient (Wildman–Crippen LogP) is 0.0184. The van der Waals surface area contributed by atoms with Gasteiger partial charge in [-0.15, -0.1) is 11.3 Å². The number of carbonyl (C=O) groups excluding carboxylic acids is 1. The van der Waals surface area contributed by atoms with E-state index < -0.39 is 21.9 Å². The Kier molecular flexibility index (Phi) is 7.45. The fraction of sp³-hybridized carbons (Fsp3) is 0.500. The number of ether oxygens (including phenoxy) is 1. The highest BCUT2D eigenvalue weighted by Crippen LogP contribution is 2.15. The summed E-state index contributed by atoms with van der Waals surface area (Å²) in [6, 6.07) is 3.05. The van der Waals surface area contributed by atoms with Gasteiger partial charge in [-0.2, -0.15) is 0 Å². The lowest BCUT2D eigenvalue weighted by Crippen LogP contribution is -2.37. The maximum absolute atomic E-state index is 11.6. The fourth-order valence-electron chi connectivity index (χ4n) is 1.48. The molecule has 0 aliphatic carbocycles. The predicted molar refractivity (Wildman–Crippen MR) is 81.4 cm³/mol. The van der Waals surface area contributed by atoms with Crippen LogP contribution in [0.25, 0.3) is 0 Å². The van der Waals surface area contributed by atoms with E-state index in [9.17, 15) is 18.0 Å². The van der Waals surface area contributed by atoms with Crippen molar-refractivity contribution >= 4 is 33.2 Å². The molecule has 1 amide bonds. The first kappa shape index (κ1) is 18.6. The van der Waals surface area contributed by atoms with Crippen molar-refractivity contribution in [3.8, 4) is 0 Å².